The van der Waals surface area contributed by atoms with E-state index in [2.05, 4.69) is 15.2 Å². The summed E-state index contributed by atoms with van der Waals surface area (Å²) in [6.07, 6.45) is 0. The van der Waals surface area contributed by atoms with Gasteiger partial charge in [-0.2, -0.15) is 13.1 Å². The van der Waals surface area contributed by atoms with Gasteiger partial charge in [0, 0.05) is 24.7 Å². The molecule has 0 spiro atoms. The van der Waals surface area contributed by atoms with E-state index in [-0.39, 0.29) is 33.1 Å². The molecule has 4 aromatic rings. The van der Waals surface area contributed by atoms with E-state index in [1.807, 2.05) is 4.72 Å². The van der Waals surface area contributed by atoms with Crippen molar-refractivity contribution < 1.29 is 35.9 Å². The van der Waals surface area contributed by atoms with Gasteiger partial charge in [0.1, 0.15) is 11.6 Å². The molecule has 0 unspecified atom stereocenters. The average molecular weight is 565 g/mol. The van der Waals surface area contributed by atoms with E-state index in [9.17, 15) is 26.8 Å². The summed E-state index contributed by atoms with van der Waals surface area (Å²) in [5.41, 5.74) is 0.306. The Labute approximate surface area is 217 Å². The summed E-state index contributed by atoms with van der Waals surface area (Å²) in [6.45, 7) is 1.05. The number of nitrogens with zero attached hydrogens (tertiary/aromatic N) is 4. The van der Waals surface area contributed by atoms with Crippen molar-refractivity contribution >= 4 is 43.5 Å². The Bertz CT molecular complexity index is 1670. The number of aromatic nitrogens is 3. The Morgan fingerprint density at radius 3 is 2.58 bits per heavy atom. The lowest BCUT2D eigenvalue weighted by molar-refractivity contribution is 0.0300. The predicted molar refractivity (Wildman–Crippen MR) is 129 cm³/mol. The van der Waals surface area contributed by atoms with E-state index in [0.717, 1.165) is 23.5 Å². The van der Waals surface area contributed by atoms with Gasteiger partial charge in [0.25, 0.3) is 27.8 Å². The molecule has 3 N–H and O–H groups in total. The van der Waals surface area contributed by atoms with E-state index in [0.29, 0.717) is 31.0 Å². The van der Waals surface area contributed by atoms with Gasteiger partial charge in [-0.15, -0.1) is 21.5 Å². The van der Waals surface area contributed by atoms with Crippen molar-refractivity contribution in [3.8, 4) is 11.1 Å². The van der Waals surface area contributed by atoms with E-state index in [1.165, 1.54) is 23.1 Å². The number of rotatable bonds is 7. The van der Waals surface area contributed by atoms with Crippen LogP contribution in [0.1, 0.15) is 31.9 Å². The molecule has 38 heavy (non-hydrogen) atoms. The maximum Gasteiger partial charge on any atom is 0.291 e. The van der Waals surface area contributed by atoms with Crippen LogP contribution in [0.3, 0.4) is 0 Å². The quantitative estimate of drug-likeness (QED) is 0.317. The minimum Gasteiger partial charge on any atom is -0.417 e. The van der Waals surface area contributed by atoms with Crippen LogP contribution >= 0.6 is 11.3 Å². The third kappa shape index (κ3) is 5.44. The Kier molecular flexibility index (Phi) is 6.97. The maximum atomic E-state index is 15.0. The number of amides is 1. The molecule has 198 valence electrons. The van der Waals surface area contributed by atoms with Crippen LogP contribution in [0.25, 0.3) is 21.3 Å². The van der Waals surface area contributed by atoms with Crippen LogP contribution < -0.4 is 9.86 Å². The summed E-state index contributed by atoms with van der Waals surface area (Å²) in [5.74, 6) is -3.36. The Morgan fingerprint density at radius 2 is 1.87 bits per heavy atom. The normalized spacial score (nSPS) is 14.2. The molecule has 0 bridgehead atoms. The topological polar surface area (TPSA) is 171 Å². The summed E-state index contributed by atoms with van der Waals surface area (Å²) in [6, 6.07) is 6.38. The van der Waals surface area contributed by atoms with Crippen molar-refractivity contribution in [2.75, 3.05) is 26.3 Å². The van der Waals surface area contributed by atoms with Crippen LogP contribution in [0.15, 0.2) is 34.7 Å². The van der Waals surface area contributed by atoms with Gasteiger partial charge in [-0.3, -0.25) is 9.59 Å². The zero-order valence-corrected chi connectivity index (χ0v) is 20.9. The molecular weight excluding hydrogens is 546 g/mol. The van der Waals surface area contributed by atoms with Crippen molar-refractivity contribution in [2.24, 2.45) is 5.14 Å². The lowest BCUT2D eigenvalue weighted by Crippen LogP contribution is -2.41. The number of hydrogen-bond acceptors (Lipinski definition) is 10. The number of benzene rings is 2. The summed E-state index contributed by atoms with van der Waals surface area (Å²) in [7, 11) is -4.00. The van der Waals surface area contributed by atoms with E-state index in [4.69, 9.17) is 14.3 Å². The van der Waals surface area contributed by atoms with E-state index >= 15 is 0 Å². The fourth-order valence-electron chi connectivity index (χ4n) is 3.73. The van der Waals surface area contributed by atoms with Crippen molar-refractivity contribution in [1.82, 2.24) is 24.8 Å². The number of thiazole rings is 1. The molecule has 12 nitrogen and oxygen atoms in total. The number of fused-ring (bicyclic) bond motifs is 1. The first-order chi connectivity index (χ1) is 18.1. The van der Waals surface area contributed by atoms with Crippen molar-refractivity contribution in [3.63, 3.8) is 0 Å². The van der Waals surface area contributed by atoms with Crippen molar-refractivity contribution in [1.29, 1.82) is 0 Å². The second-order valence-electron chi connectivity index (χ2n) is 8.11. The third-order valence-electron chi connectivity index (χ3n) is 5.57. The molecule has 16 heteroatoms. The second-order valence-corrected chi connectivity index (χ2v) is 10.5. The molecule has 0 radical (unpaired) electrons. The molecule has 0 aliphatic carbocycles. The first-order valence-electron chi connectivity index (χ1n) is 11.0. The van der Waals surface area contributed by atoms with Crippen molar-refractivity contribution in [2.45, 2.75) is 6.54 Å². The molecule has 2 aromatic heterocycles. The fourth-order valence-corrected chi connectivity index (χ4v) is 4.97. The molecule has 1 aliphatic rings. The van der Waals surface area contributed by atoms with Crippen LogP contribution in [0.5, 0.6) is 0 Å². The van der Waals surface area contributed by atoms with Crippen LogP contribution in [0, 0.1) is 11.6 Å². The highest BCUT2D eigenvalue weighted by atomic mass is 32.2. The summed E-state index contributed by atoms with van der Waals surface area (Å²) < 4.78 is 64.6. The minimum absolute atomic E-state index is 0.0542. The Morgan fingerprint density at radius 1 is 1.11 bits per heavy atom. The van der Waals surface area contributed by atoms with Gasteiger partial charge >= 0.3 is 0 Å². The number of carbonyl (C=O) groups excluding carboxylic acids is 2. The molecule has 1 aliphatic heterocycles. The summed E-state index contributed by atoms with van der Waals surface area (Å²) in [5, 5.41) is 11.9. The van der Waals surface area contributed by atoms with Gasteiger partial charge in [-0.1, -0.05) is 6.07 Å². The standard InChI is InChI=1S/C22H18F2N6O6S2/c23-14-7-11(1-2-12(14)22(32)30-3-5-35-6-4-30)13-8-17-16(9-15(13)24)27-21(37-17)19(31)20-29-28-18(36-20)10-26-38(25,33)34/h1-2,7-9,26H,3-6,10H2,(H2,25,33,34). The highest BCUT2D eigenvalue weighted by Crippen LogP contribution is 2.32. The van der Waals surface area contributed by atoms with Gasteiger partial charge in [0.05, 0.1) is 35.5 Å². The smallest absolute Gasteiger partial charge is 0.291 e. The number of nitrogens with one attached hydrogen (secondary N) is 1. The number of carbonyl (C=O) groups is 2. The minimum atomic E-state index is -4.00. The second kappa shape index (κ2) is 10.2. The zero-order valence-electron chi connectivity index (χ0n) is 19.3. The number of hydrogen-bond donors (Lipinski definition) is 2. The Hall–Kier alpha value is -3.70. The first kappa shape index (κ1) is 25.9. The van der Waals surface area contributed by atoms with Gasteiger partial charge in [0.2, 0.25) is 5.89 Å². The molecule has 1 fully saturated rings. The summed E-state index contributed by atoms with van der Waals surface area (Å²) in [4.78, 5) is 31.0. The molecule has 2 aromatic carbocycles. The first-order valence-corrected chi connectivity index (χ1v) is 13.4. The largest absolute Gasteiger partial charge is 0.417 e. The molecule has 3 heterocycles. The van der Waals surface area contributed by atoms with Gasteiger partial charge in [0.15, 0.2) is 5.01 Å². The number of nitrogens with two attached hydrogens (primary N) is 1. The highest BCUT2D eigenvalue weighted by Gasteiger charge is 2.24. The van der Waals surface area contributed by atoms with Crippen LogP contribution in [-0.2, 0) is 21.5 Å². The number of ether oxygens (including phenoxy) is 1. The maximum absolute atomic E-state index is 15.0. The predicted octanol–water partition coefficient (Wildman–Crippen LogP) is 1.62. The lowest BCUT2D eigenvalue weighted by Gasteiger charge is -2.27. The van der Waals surface area contributed by atoms with Crippen LogP contribution in [-0.4, -0.2) is 66.5 Å². The third-order valence-corrected chi connectivity index (χ3v) is 7.13. The van der Waals surface area contributed by atoms with Gasteiger partial charge < -0.3 is 14.1 Å². The highest BCUT2D eigenvalue weighted by molar-refractivity contribution is 7.87. The molecule has 1 saturated heterocycles. The molecule has 5 rings (SSSR count). The van der Waals surface area contributed by atoms with Gasteiger partial charge in [-0.05, 0) is 23.8 Å². The zero-order chi connectivity index (χ0) is 27.0. The molecule has 0 saturated carbocycles. The molecule has 1 amide bonds. The Balaban J connectivity index is 1.39. The number of ketones is 1. The lowest BCUT2D eigenvalue weighted by atomic mass is 10.0. The van der Waals surface area contributed by atoms with Crippen molar-refractivity contribution in [3.05, 3.63) is 64.3 Å². The SMILES string of the molecule is NS(=O)(=O)NCc1nnc(C(=O)c2nc3cc(F)c(-c4ccc(C(=O)N5CCOCC5)c(F)c4)cc3s2)o1. The average Bonchev–Trinajstić information content (AvgIpc) is 3.53. The number of halogens is 2. The number of morpholine rings is 1. The molecule has 0 atom stereocenters. The van der Waals surface area contributed by atoms with E-state index in [1.54, 1.807) is 0 Å². The fraction of sp³-hybridized carbons (Fsp3) is 0.227. The van der Waals surface area contributed by atoms with Gasteiger partial charge in [-0.25, -0.2) is 18.9 Å². The van der Waals surface area contributed by atoms with Crippen LogP contribution in [0.4, 0.5) is 8.78 Å². The van der Waals surface area contributed by atoms with E-state index < -0.39 is 46.0 Å². The molecular formula is C22H18F2N6O6S2. The monoisotopic (exact) mass is 564 g/mol. The van der Waals surface area contributed by atoms with Crippen LogP contribution in [0.2, 0.25) is 0 Å². The summed E-state index contributed by atoms with van der Waals surface area (Å²) >= 11 is 0.923.